The van der Waals surface area contributed by atoms with E-state index in [1.54, 1.807) is 11.8 Å². The Bertz CT molecular complexity index is 186. The number of carbonyl (C=O) groups is 1. The number of rotatable bonds is 4. The van der Waals surface area contributed by atoms with Crippen molar-refractivity contribution in [1.29, 1.82) is 5.26 Å². The normalized spacial score (nSPS) is 11.8. The van der Waals surface area contributed by atoms with Gasteiger partial charge in [0.1, 0.15) is 5.38 Å². The van der Waals surface area contributed by atoms with Crippen LogP contribution in [0.25, 0.3) is 0 Å². The van der Waals surface area contributed by atoms with Crippen molar-refractivity contribution in [3.05, 3.63) is 0 Å². The zero-order valence-corrected chi connectivity index (χ0v) is 8.14. The van der Waals surface area contributed by atoms with Crippen LogP contribution in [0, 0.1) is 11.3 Å². The van der Waals surface area contributed by atoms with Gasteiger partial charge in [0.25, 0.3) is 0 Å². The van der Waals surface area contributed by atoms with Crippen LogP contribution in [0.5, 0.6) is 0 Å². The van der Waals surface area contributed by atoms with Crippen LogP contribution in [0.3, 0.4) is 0 Å². The van der Waals surface area contributed by atoms with Crippen molar-refractivity contribution in [3.8, 4) is 6.07 Å². The van der Waals surface area contributed by atoms with E-state index in [1.165, 1.54) is 0 Å². The van der Waals surface area contributed by atoms with Gasteiger partial charge in [-0.25, -0.2) is 0 Å². The largest absolute Gasteiger partial charge is 0.341 e. The number of nitriles is 1. The van der Waals surface area contributed by atoms with Gasteiger partial charge < -0.3 is 4.90 Å². The number of amides is 1. The van der Waals surface area contributed by atoms with Gasteiger partial charge >= 0.3 is 0 Å². The number of nitrogens with zero attached hydrogens (tertiary/aromatic N) is 2. The first-order chi connectivity index (χ1) is 5.63. The minimum atomic E-state index is -0.497. The lowest BCUT2D eigenvalue weighted by atomic mass is 10.3. The van der Waals surface area contributed by atoms with Crippen molar-refractivity contribution in [3.63, 3.8) is 0 Å². The smallest absolute Gasteiger partial charge is 0.240 e. The Kier molecular flexibility index (Phi) is 5.48. The average Bonchev–Trinajstić information content (AvgIpc) is 2.05. The first-order valence-corrected chi connectivity index (χ1v) is 4.37. The van der Waals surface area contributed by atoms with E-state index in [2.05, 4.69) is 0 Å². The molecule has 0 aromatic rings. The molecule has 0 aliphatic rings. The van der Waals surface area contributed by atoms with Crippen LogP contribution >= 0.6 is 11.6 Å². The van der Waals surface area contributed by atoms with Gasteiger partial charge in [0, 0.05) is 13.1 Å². The van der Waals surface area contributed by atoms with Gasteiger partial charge in [-0.15, -0.1) is 11.6 Å². The molecule has 0 rings (SSSR count). The fraction of sp³-hybridized carbons (Fsp3) is 0.750. The molecule has 4 heteroatoms. The Morgan fingerprint density at radius 3 is 2.67 bits per heavy atom. The maximum atomic E-state index is 11.3. The Hall–Kier alpha value is -0.750. The van der Waals surface area contributed by atoms with Crippen molar-refractivity contribution >= 4 is 17.5 Å². The molecular weight excluding hydrogens is 176 g/mol. The number of carbonyl (C=O) groups excluding carboxylic acids is 1. The lowest BCUT2D eigenvalue weighted by molar-refractivity contribution is -0.130. The molecule has 0 aliphatic heterocycles. The highest BCUT2D eigenvalue weighted by Crippen LogP contribution is 2.01. The third-order valence-corrected chi connectivity index (χ3v) is 1.71. The Morgan fingerprint density at radius 1 is 1.75 bits per heavy atom. The second-order valence-corrected chi connectivity index (χ2v) is 3.10. The van der Waals surface area contributed by atoms with E-state index in [4.69, 9.17) is 16.9 Å². The lowest BCUT2D eigenvalue weighted by Crippen LogP contribution is -2.36. The molecule has 1 amide bonds. The molecule has 0 radical (unpaired) electrons. The van der Waals surface area contributed by atoms with E-state index in [-0.39, 0.29) is 5.91 Å². The third-order valence-electron chi connectivity index (χ3n) is 1.53. The summed E-state index contributed by atoms with van der Waals surface area (Å²) in [5.41, 5.74) is 0. The standard InChI is InChI=1S/C8H13ClN2O/c1-3-11(6-4-5-10)8(12)7(2)9/h7H,3-4,6H2,1-2H3. The Balaban J connectivity index is 3.98. The molecule has 0 bridgehead atoms. The van der Waals surface area contributed by atoms with E-state index in [0.717, 1.165) is 0 Å². The summed E-state index contributed by atoms with van der Waals surface area (Å²) in [6, 6.07) is 1.99. The highest BCUT2D eigenvalue weighted by Gasteiger charge is 2.15. The average molecular weight is 189 g/mol. The lowest BCUT2D eigenvalue weighted by Gasteiger charge is -2.20. The summed E-state index contributed by atoms with van der Waals surface area (Å²) in [6.07, 6.45) is 0.364. The zero-order valence-electron chi connectivity index (χ0n) is 7.38. The van der Waals surface area contributed by atoms with Crippen LogP contribution in [0.4, 0.5) is 0 Å². The summed E-state index contributed by atoms with van der Waals surface area (Å²) in [7, 11) is 0. The first-order valence-electron chi connectivity index (χ1n) is 3.93. The van der Waals surface area contributed by atoms with E-state index < -0.39 is 5.38 Å². The Labute approximate surface area is 77.9 Å². The summed E-state index contributed by atoms with van der Waals surface area (Å²) in [6.45, 7) is 4.59. The van der Waals surface area contributed by atoms with Gasteiger partial charge in [-0.1, -0.05) is 0 Å². The van der Waals surface area contributed by atoms with Crippen LogP contribution < -0.4 is 0 Å². The molecule has 0 N–H and O–H groups in total. The summed E-state index contributed by atoms with van der Waals surface area (Å²) in [5, 5.41) is 7.81. The molecule has 0 saturated carbocycles. The highest BCUT2D eigenvalue weighted by atomic mass is 35.5. The fourth-order valence-corrected chi connectivity index (χ4v) is 0.999. The van der Waals surface area contributed by atoms with Crippen molar-refractivity contribution in [2.24, 2.45) is 0 Å². The molecule has 68 valence electrons. The number of alkyl halides is 1. The molecule has 0 saturated heterocycles. The molecule has 0 aromatic carbocycles. The van der Waals surface area contributed by atoms with E-state index in [9.17, 15) is 4.79 Å². The second-order valence-electron chi connectivity index (χ2n) is 2.44. The van der Waals surface area contributed by atoms with Gasteiger partial charge in [0.2, 0.25) is 5.91 Å². The highest BCUT2D eigenvalue weighted by molar-refractivity contribution is 6.30. The number of hydrogen-bond donors (Lipinski definition) is 0. The SMILES string of the molecule is CCN(CCC#N)C(=O)C(C)Cl. The molecule has 1 unspecified atom stereocenters. The molecular formula is C8H13ClN2O. The van der Waals surface area contributed by atoms with Gasteiger partial charge in [-0.05, 0) is 13.8 Å². The number of halogens is 1. The minimum Gasteiger partial charge on any atom is -0.341 e. The second kappa shape index (κ2) is 5.84. The van der Waals surface area contributed by atoms with Crippen LogP contribution in [0.1, 0.15) is 20.3 Å². The van der Waals surface area contributed by atoms with Gasteiger partial charge in [0.15, 0.2) is 0 Å². The van der Waals surface area contributed by atoms with Crippen molar-refractivity contribution in [1.82, 2.24) is 4.90 Å². The Morgan fingerprint density at radius 2 is 2.33 bits per heavy atom. The molecule has 0 fully saturated rings. The van der Waals surface area contributed by atoms with Crippen molar-refractivity contribution in [2.75, 3.05) is 13.1 Å². The monoisotopic (exact) mass is 188 g/mol. The first kappa shape index (κ1) is 11.2. The molecule has 1 atom stereocenters. The molecule has 0 aliphatic carbocycles. The summed E-state index contributed by atoms with van der Waals surface area (Å²) in [4.78, 5) is 12.8. The molecule has 0 heterocycles. The maximum Gasteiger partial charge on any atom is 0.240 e. The van der Waals surface area contributed by atoms with Crippen LogP contribution in [-0.2, 0) is 4.79 Å². The van der Waals surface area contributed by atoms with Crippen molar-refractivity contribution < 1.29 is 4.79 Å². The van der Waals surface area contributed by atoms with Gasteiger partial charge in [0.05, 0.1) is 12.5 Å². The fourth-order valence-electron chi connectivity index (χ4n) is 0.861. The maximum absolute atomic E-state index is 11.3. The van der Waals surface area contributed by atoms with Crippen LogP contribution in [0.15, 0.2) is 0 Å². The topological polar surface area (TPSA) is 44.1 Å². The van der Waals surface area contributed by atoms with Gasteiger partial charge in [-0.3, -0.25) is 4.79 Å². The molecule has 12 heavy (non-hydrogen) atoms. The molecule has 0 aromatic heterocycles. The molecule has 3 nitrogen and oxygen atoms in total. The van der Waals surface area contributed by atoms with E-state index >= 15 is 0 Å². The van der Waals surface area contributed by atoms with Crippen LogP contribution in [0.2, 0.25) is 0 Å². The zero-order chi connectivity index (χ0) is 9.56. The quantitative estimate of drug-likeness (QED) is 0.626. The molecule has 0 spiro atoms. The predicted molar refractivity (Wildman–Crippen MR) is 47.8 cm³/mol. The predicted octanol–water partition coefficient (Wildman–Crippen LogP) is 1.38. The minimum absolute atomic E-state index is 0.102. The summed E-state index contributed by atoms with van der Waals surface area (Å²) < 4.78 is 0. The van der Waals surface area contributed by atoms with E-state index in [0.29, 0.717) is 19.5 Å². The summed E-state index contributed by atoms with van der Waals surface area (Å²) in [5.74, 6) is -0.102. The van der Waals surface area contributed by atoms with Gasteiger partial charge in [-0.2, -0.15) is 5.26 Å². The third kappa shape index (κ3) is 3.59. The van der Waals surface area contributed by atoms with Crippen LogP contribution in [-0.4, -0.2) is 29.3 Å². The number of hydrogen-bond acceptors (Lipinski definition) is 2. The van der Waals surface area contributed by atoms with E-state index in [1.807, 2.05) is 13.0 Å². The summed E-state index contributed by atoms with van der Waals surface area (Å²) >= 11 is 5.61. The van der Waals surface area contributed by atoms with Crippen molar-refractivity contribution in [2.45, 2.75) is 25.6 Å².